The molecule has 0 unspecified atom stereocenters. The molecule has 0 aliphatic rings. The number of aromatic nitrogens is 2. The normalized spacial score (nSPS) is 11.1. The van der Waals surface area contributed by atoms with Gasteiger partial charge in [0.1, 0.15) is 5.58 Å². The van der Waals surface area contributed by atoms with E-state index < -0.39 is 0 Å². The van der Waals surface area contributed by atoms with Gasteiger partial charge in [-0.3, -0.25) is 4.68 Å². The Balaban J connectivity index is 1.50. The minimum atomic E-state index is -0.255. The molecule has 3 aromatic rings. The Bertz CT molecular complexity index is 821. The van der Waals surface area contributed by atoms with Crippen molar-refractivity contribution in [2.75, 3.05) is 26.0 Å². The van der Waals surface area contributed by atoms with Gasteiger partial charge in [-0.2, -0.15) is 5.10 Å². The Labute approximate surface area is 140 Å². The van der Waals surface area contributed by atoms with Gasteiger partial charge in [-0.25, -0.2) is 4.79 Å². The maximum Gasteiger partial charge on any atom is 0.319 e. The lowest BCUT2D eigenvalue weighted by molar-refractivity contribution is 0.251. The molecule has 0 bridgehead atoms. The average Bonchev–Trinajstić information content (AvgIpc) is 3.19. The first-order valence-electron chi connectivity index (χ1n) is 7.78. The van der Waals surface area contributed by atoms with Crippen LogP contribution in [-0.4, -0.2) is 41.4 Å². The third kappa shape index (κ3) is 4.14. The molecule has 2 heterocycles. The number of nitrogens with one attached hydrogen (secondary N) is 2. The molecule has 1 aromatic carbocycles. The van der Waals surface area contributed by atoms with E-state index >= 15 is 0 Å². The topological polar surface area (TPSA) is 75.3 Å². The summed E-state index contributed by atoms with van der Waals surface area (Å²) < 4.78 is 7.11. The van der Waals surface area contributed by atoms with Crippen molar-refractivity contribution < 1.29 is 9.21 Å². The molecule has 126 valence electrons. The van der Waals surface area contributed by atoms with Gasteiger partial charge in [-0.05, 0) is 37.9 Å². The fraction of sp³-hybridized carbons (Fsp3) is 0.294. The molecule has 2 N–H and O–H groups in total. The van der Waals surface area contributed by atoms with Gasteiger partial charge in [-0.1, -0.05) is 6.07 Å². The van der Waals surface area contributed by atoms with Crippen molar-refractivity contribution in [3.05, 3.63) is 48.5 Å². The number of amides is 2. The van der Waals surface area contributed by atoms with Crippen molar-refractivity contribution in [1.82, 2.24) is 20.0 Å². The molecule has 7 heteroatoms. The fourth-order valence-corrected chi connectivity index (χ4v) is 2.34. The quantitative estimate of drug-likeness (QED) is 0.729. The van der Waals surface area contributed by atoms with Gasteiger partial charge in [0.15, 0.2) is 0 Å². The first-order chi connectivity index (χ1) is 11.6. The first kappa shape index (κ1) is 16.1. The molecule has 0 saturated carbocycles. The van der Waals surface area contributed by atoms with Crippen molar-refractivity contribution in [1.29, 1.82) is 0 Å². The summed E-state index contributed by atoms with van der Waals surface area (Å²) >= 11 is 0. The molecule has 0 aliphatic heterocycles. The van der Waals surface area contributed by atoms with E-state index in [1.54, 1.807) is 12.5 Å². The largest absolute Gasteiger partial charge is 0.464 e. The highest BCUT2D eigenvalue weighted by Crippen LogP contribution is 2.16. The predicted octanol–water partition coefficient (Wildman–Crippen LogP) is 2.51. The Morgan fingerprint density at radius 1 is 1.33 bits per heavy atom. The number of likely N-dealkylation sites (N-methyl/N-ethyl adjacent to an activating group) is 1. The monoisotopic (exact) mass is 327 g/mol. The number of anilines is 1. The lowest BCUT2D eigenvalue weighted by Gasteiger charge is -2.08. The van der Waals surface area contributed by atoms with Gasteiger partial charge in [0.2, 0.25) is 0 Å². The molecule has 0 aliphatic carbocycles. The van der Waals surface area contributed by atoms with Crippen LogP contribution in [0.15, 0.2) is 47.3 Å². The van der Waals surface area contributed by atoms with Gasteiger partial charge in [0.25, 0.3) is 0 Å². The van der Waals surface area contributed by atoms with E-state index in [1.807, 2.05) is 49.2 Å². The summed E-state index contributed by atoms with van der Waals surface area (Å²) in [4.78, 5) is 14.1. The van der Waals surface area contributed by atoms with Crippen LogP contribution in [0, 0.1) is 0 Å². The number of urea groups is 1. The number of hydrogen-bond donors (Lipinski definition) is 2. The summed E-state index contributed by atoms with van der Waals surface area (Å²) in [6.07, 6.45) is 5.12. The van der Waals surface area contributed by atoms with Gasteiger partial charge in [-0.15, -0.1) is 0 Å². The second kappa shape index (κ2) is 7.18. The van der Waals surface area contributed by atoms with Gasteiger partial charge < -0.3 is 20.0 Å². The highest BCUT2D eigenvalue weighted by atomic mass is 16.3. The fourth-order valence-electron chi connectivity index (χ4n) is 2.34. The predicted molar refractivity (Wildman–Crippen MR) is 92.9 cm³/mol. The summed E-state index contributed by atoms with van der Waals surface area (Å²) in [6, 6.07) is 7.48. The minimum absolute atomic E-state index is 0.255. The molecule has 2 aromatic heterocycles. The van der Waals surface area contributed by atoms with Crippen molar-refractivity contribution in [3.63, 3.8) is 0 Å². The van der Waals surface area contributed by atoms with E-state index in [0.29, 0.717) is 12.2 Å². The molecule has 7 nitrogen and oxygen atoms in total. The number of nitrogens with zero attached hydrogens (tertiary/aromatic N) is 3. The number of rotatable bonds is 6. The Morgan fingerprint density at radius 2 is 2.21 bits per heavy atom. The Morgan fingerprint density at radius 3 is 3.04 bits per heavy atom. The second-order valence-electron chi connectivity index (χ2n) is 5.90. The summed E-state index contributed by atoms with van der Waals surface area (Å²) in [6.45, 7) is 2.12. The molecule has 2 amide bonds. The molecule has 0 spiro atoms. The summed E-state index contributed by atoms with van der Waals surface area (Å²) in [5.74, 6) is 0. The number of benzene rings is 1. The minimum Gasteiger partial charge on any atom is -0.464 e. The third-order valence-corrected chi connectivity index (χ3v) is 3.64. The molecule has 24 heavy (non-hydrogen) atoms. The number of carbonyl (C=O) groups is 1. The van der Waals surface area contributed by atoms with Crippen molar-refractivity contribution in [2.24, 2.45) is 0 Å². The van der Waals surface area contributed by atoms with Crippen LogP contribution in [0.3, 0.4) is 0 Å². The zero-order chi connectivity index (χ0) is 16.9. The summed E-state index contributed by atoms with van der Waals surface area (Å²) in [7, 11) is 4.02. The van der Waals surface area contributed by atoms with Gasteiger partial charge in [0, 0.05) is 24.7 Å². The van der Waals surface area contributed by atoms with Crippen LogP contribution < -0.4 is 10.6 Å². The van der Waals surface area contributed by atoms with Crippen LogP contribution in [0.5, 0.6) is 0 Å². The number of furan rings is 1. The van der Waals surface area contributed by atoms with Crippen LogP contribution in [0.1, 0.15) is 5.56 Å². The standard InChI is InChI=1S/C17H21N5O2/c1-21(2)6-7-22-12-15(11-19-22)20-17(23)18-10-13-3-4-16-14(9-13)5-8-24-16/h3-5,8-9,11-12H,6-7,10H2,1-2H3,(H2,18,20,23). The van der Waals surface area contributed by atoms with E-state index in [4.69, 9.17) is 4.42 Å². The number of fused-ring (bicyclic) bond motifs is 1. The van der Waals surface area contributed by atoms with E-state index in [2.05, 4.69) is 20.6 Å². The maximum atomic E-state index is 12.0. The molecule has 3 rings (SSSR count). The second-order valence-corrected chi connectivity index (χ2v) is 5.90. The van der Waals surface area contributed by atoms with Crippen LogP contribution in [0.25, 0.3) is 11.0 Å². The van der Waals surface area contributed by atoms with Crippen molar-refractivity contribution >= 4 is 22.7 Å². The molecule has 0 radical (unpaired) electrons. The highest BCUT2D eigenvalue weighted by Gasteiger charge is 2.05. The van der Waals surface area contributed by atoms with E-state index in [1.165, 1.54) is 0 Å². The zero-order valence-corrected chi connectivity index (χ0v) is 13.8. The van der Waals surface area contributed by atoms with Crippen LogP contribution in [-0.2, 0) is 13.1 Å². The molecule has 0 atom stereocenters. The first-order valence-corrected chi connectivity index (χ1v) is 7.78. The Kier molecular flexibility index (Phi) is 4.81. The van der Waals surface area contributed by atoms with Crippen molar-refractivity contribution in [2.45, 2.75) is 13.1 Å². The summed E-state index contributed by atoms with van der Waals surface area (Å²) in [5.41, 5.74) is 2.53. The molecule has 0 saturated heterocycles. The maximum absolute atomic E-state index is 12.0. The molecular formula is C17H21N5O2. The number of carbonyl (C=O) groups excluding carboxylic acids is 1. The lowest BCUT2D eigenvalue weighted by atomic mass is 10.1. The van der Waals surface area contributed by atoms with Crippen LogP contribution in [0.4, 0.5) is 10.5 Å². The third-order valence-electron chi connectivity index (χ3n) is 3.64. The number of hydrogen-bond acceptors (Lipinski definition) is 4. The van der Waals surface area contributed by atoms with E-state index in [0.717, 1.165) is 29.6 Å². The molecule has 0 fully saturated rings. The SMILES string of the molecule is CN(C)CCn1cc(NC(=O)NCc2ccc3occc3c2)cn1. The Hall–Kier alpha value is -2.80. The highest BCUT2D eigenvalue weighted by molar-refractivity contribution is 5.89. The van der Waals surface area contributed by atoms with E-state index in [-0.39, 0.29) is 6.03 Å². The van der Waals surface area contributed by atoms with Gasteiger partial charge in [0.05, 0.1) is 24.7 Å². The van der Waals surface area contributed by atoms with E-state index in [9.17, 15) is 4.79 Å². The van der Waals surface area contributed by atoms with Crippen LogP contribution in [0.2, 0.25) is 0 Å². The molecular weight excluding hydrogens is 306 g/mol. The smallest absolute Gasteiger partial charge is 0.319 e. The van der Waals surface area contributed by atoms with Crippen molar-refractivity contribution in [3.8, 4) is 0 Å². The summed E-state index contributed by atoms with van der Waals surface area (Å²) in [5, 5.41) is 10.9. The lowest BCUT2D eigenvalue weighted by Crippen LogP contribution is -2.28. The average molecular weight is 327 g/mol. The van der Waals surface area contributed by atoms with Gasteiger partial charge >= 0.3 is 6.03 Å². The zero-order valence-electron chi connectivity index (χ0n) is 13.8. The van der Waals surface area contributed by atoms with Crippen LogP contribution >= 0.6 is 0 Å².